The number of aliphatic hydroxyl groups excluding tert-OH is 1. The Balaban J connectivity index is 1.99. The zero-order valence-corrected chi connectivity index (χ0v) is 12.6. The molecule has 0 aliphatic heterocycles. The molecule has 0 aliphatic rings. The van der Waals surface area contributed by atoms with Crippen molar-refractivity contribution < 1.29 is 5.11 Å². The fourth-order valence-corrected chi connectivity index (χ4v) is 2.85. The minimum atomic E-state index is -0.397. The molecule has 0 aliphatic carbocycles. The summed E-state index contributed by atoms with van der Waals surface area (Å²) < 4.78 is 2.22. The number of fused-ring (bicyclic) bond motifs is 3. The Hall–Kier alpha value is -1.84. The second kappa shape index (κ2) is 5.88. The first-order valence-electron chi connectivity index (χ1n) is 7.54. The lowest BCUT2D eigenvalue weighted by Crippen LogP contribution is -2.34. The predicted molar refractivity (Wildman–Crippen MR) is 88.6 cm³/mol. The van der Waals surface area contributed by atoms with E-state index in [9.17, 15) is 5.11 Å². The average Bonchev–Trinajstić information content (AvgIpc) is 2.80. The number of rotatable bonds is 5. The van der Waals surface area contributed by atoms with Gasteiger partial charge in [0.05, 0.1) is 12.6 Å². The quantitative estimate of drug-likeness (QED) is 0.754. The molecular formula is C18H22N2O. The van der Waals surface area contributed by atoms with E-state index < -0.39 is 6.10 Å². The molecule has 0 radical (unpaired) electrons. The molecule has 0 bridgehead atoms. The Morgan fingerprint density at radius 1 is 0.952 bits per heavy atom. The summed E-state index contributed by atoms with van der Waals surface area (Å²) in [5.41, 5.74) is 2.37. The summed E-state index contributed by atoms with van der Waals surface area (Å²) in [5.74, 6) is 0. The van der Waals surface area contributed by atoms with Crippen molar-refractivity contribution in [1.82, 2.24) is 9.88 Å². The Kier molecular flexibility index (Phi) is 3.95. The van der Waals surface area contributed by atoms with Crippen LogP contribution in [-0.4, -0.2) is 28.4 Å². The van der Waals surface area contributed by atoms with Gasteiger partial charge in [-0.2, -0.15) is 0 Å². The van der Waals surface area contributed by atoms with Crippen molar-refractivity contribution in [2.75, 3.05) is 6.54 Å². The van der Waals surface area contributed by atoms with Crippen molar-refractivity contribution in [1.29, 1.82) is 0 Å². The van der Waals surface area contributed by atoms with Crippen LogP contribution < -0.4 is 5.32 Å². The number of hydrogen-bond acceptors (Lipinski definition) is 2. The minimum absolute atomic E-state index is 0.387. The smallest absolute Gasteiger partial charge is 0.0843 e. The van der Waals surface area contributed by atoms with Gasteiger partial charge in [0.25, 0.3) is 0 Å². The minimum Gasteiger partial charge on any atom is -0.390 e. The third kappa shape index (κ3) is 2.80. The van der Waals surface area contributed by atoms with E-state index >= 15 is 0 Å². The van der Waals surface area contributed by atoms with Crippen molar-refractivity contribution in [2.24, 2.45) is 0 Å². The topological polar surface area (TPSA) is 37.2 Å². The Morgan fingerprint density at radius 3 is 2.00 bits per heavy atom. The van der Waals surface area contributed by atoms with Gasteiger partial charge in [0, 0.05) is 34.4 Å². The van der Waals surface area contributed by atoms with Crippen LogP contribution in [0.5, 0.6) is 0 Å². The predicted octanol–water partition coefficient (Wildman–Crippen LogP) is 3.15. The summed E-state index contributed by atoms with van der Waals surface area (Å²) >= 11 is 0. The highest BCUT2D eigenvalue weighted by molar-refractivity contribution is 6.07. The summed E-state index contributed by atoms with van der Waals surface area (Å²) in [6.07, 6.45) is -0.397. The van der Waals surface area contributed by atoms with Gasteiger partial charge >= 0.3 is 0 Å². The maximum Gasteiger partial charge on any atom is 0.0843 e. The molecule has 2 N–H and O–H groups in total. The van der Waals surface area contributed by atoms with E-state index in [0.29, 0.717) is 19.1 Å². The second-order valence-electron chi connectivity index (χ2n) is 5.86. The van der Waals surface area contributed by atoms with Crippen LogP contribution in [0.4, 0.5) is 0 Å². The summed E-state index contributed by atoms with van der Waals surface area (Å²) in [6, 6.07) is 17.2. The Morgan fingerprint density at radius 2 is 1.48 bits per heavy atom. The number of nitrogens with zero attached hydrogens (tertiary/aromatic N) is 1. The molecule has 1 aromatic heterocycles. The molecule has 0 saturated carbocycles. The number of hydrogen-bond donors (Lipinski definition) is 2. The second-order valence-corrected chi connectivity index (χ2v) is 5.86. The van der Waals surface area contributed by atoms with Crippen molar-refractivity contribution >= 4 is 21.8 Å². The highest BCUT2D eigenvalue weighted by Gasteiger charge is 2.13. The molecule has 3 rings (SSSR count). The van der Waals surface area contributed by atoms with Gasteiger partial charge in [-0.3, -0.25) is 0 Å². The van der Waals surface area contributed by atoms with E-state index in [4.69, 9.17) is 0 Å². The maximum absolute atomic E-state index is 10.3. The summed E-state index contributed by atoms with van der Waals surface area (Å²) in [6.45, 7) is 5.40. The molecule has 3 aromatic rings. The van der Waals surface area contributed by atoms with Gasteiger partial charge in [-0.25, -0.2) is 0 Å². The molecule has 0 saturated heterocycles. The molecule has 0 fully saturated rings. The van der Waals surface area contributed by atoms with Gasteiger partial charge in [0.15, 0.2) is 0 Å². The standard InChI is InChI=1S/C18H22N2O/c1-13(2)19-11-14(21)12-20-17-9-5-3-7-15(17)16-8-4-6-10-18(16)20/h3-10,13-14,19,21H,11-12H2,1-2H3/t14-/m0/s1. The van der Waals surface area contributed by atoms with Crippen LogP contribution in [0.3, 0.4) is 0 Å². The zero-order valence-electron chi connectivity index (χ0n) is 12.6. The maximum atomic E-state index is 10.3. The highest BCUT2D eigenvalue weighted by atomic mass is 16.3. The molecule has 3 nitrogen and oxygen atoms in total. The Bertz CT molecular complexity index is 692. The van der Waals surface area contributed by atoms with E-state index in [1.54, 1.807) is 0 Å². The van der Waals surface area contributed by atoms with E-state index in [1.165, 1.54) is 21.8 Å². The first-order chi connectivity index (χ1) is 10.2. The molecule has 1 heterocycles. The molecule has 0 unspecified atom stereocenters. The largest absolute Gasteiger partial charge is 0.390 e. The first-order valence-corrected chi connectivity index (χ1v) is 7.54. The van der Waals surface area contributed by atoms with Crippen LogP contribution in [0.1, 0.15) is 13.8 Å². The number of benzene rings is 2. The fraction of sp³-hybridized carbons (Fsp3) is 0.333. The van der Waals surface area contributed by atoms with Crippen LogP contribution in [0.2, 0.25) is 0 Å². The molecule has 0 spiro atoms. The number of aliphatic hydroxyl groups is 1. The van der Waals surface area contributed by atoms with Crippen LogP contribution >= 0.6 is 0 Å². The van der Waals surface area contributed by atoms with Crippen molar-refractivity contribution in [3.05, 3.63) is 48.5 Å². The normalized spacial score (nSPS) is 13.3. The van der Waals surface area contributed by atoms with Crippen LogP contribution in [0.15, 0.2) is 48.5 Å². The number of para-hydroxylation sites is 2. The van der Waals surface area contributed by atoms with Gasteiger partial charge in [-0.15, -0.1) is 0 Å². The SMILES string of the molecule is CC(C)NC[C@H](O)Cn1c2ccccc2c2ccccc21. The van der Waals surface area contributed by atoms with Gasteiger partial charge in [-0.05, 0) is 12.1 Å². The van der Waals surface area contributed by atoms with Crippen LogP contribution in [0, 0.1) is 0 Å². The van der Waals surface area contributed by atoms with E-state index in [-0.39, 0.29) is 0 Å². The third-order valence-electron chi connectivity index (χ3n) is 3.83. The lowest BCUT2D eigenvalue weighted by Gasteiger charge is -2.16. The van der Waals surface area contributed by atoms with Gasteiger partial charge < -0.3 is 15.0 Å². The molecule has 2 aromatic carbocycles. The van der Waals surface area contributed by atoms with E-state index in [1.807, 2.05) is 0 Å². The van der Waals surface area contributed by atoms with E-state index in [0.717, 1.165) is 0 Å². The van der Waals surface area contributed by atoms with Gasteiger partial charge in [0.1, 0.15) is 0 Å². The summed E-state index contributed by atoms with van der Waals surface area (Å²) in [7, 11) is 0. The molecule has 1 atom stereocenters. The van der Waals surface area contributed by atoms with Crippen molar-refractivity contribution in [2.45, 2.75) is 32.5 Å². The van der Waals surface area contributed by atoms with E-state index in [2.05, 4.69) is 72.3 Å². The molecular weight excluding hydrogens is 260 g/mol. The lowest BCUT2D eigenvalue weighted by atomic mass is 10.2. The third-order valence-corrected chi connectivity index (χ3v) is 3.83. The number of nitrogens with one attached hydrogen (secondary N) is 1. The van der Waals surface area contributed by atoms with Crippen LogP contribution in [0.25, 0.3) is 21.8 Å². The molecule has 110 valence electrons. The van der Waals surface area contributed by atoms with Crippen molar-refractivity contribution in [3.63, 3.8) is 0 Å². The average molecular weight is 282 g/mol. The first kappa shape index (κ1) is 14.1. The van der Waals surface area contributed by atoms with Gasteiger partial charge in [0.2, 0.25) is 0 Å². The molecule has 3 heteroatoms. The number of aromatic nitrogens is 1. The monoisotopic (exact) mass is 282 g/mol. The summed E-state index contributed by atoms with van der Waals surface area (Å²) in [5, 5.41) is 16.1. The van der Waals surface area contributed by atoms with Gasteiger partial charge in [-0.1, -0.05) is 50.2 Å². The van der Waals surface area contributed by atoms with Crippen molar-refractivity contribution in [3.8, 4) is 0 Å². The highest BCUT2D eigenvalue weighted by Crippen LogP contribution is 2.28. The van der Waals surface area contributed by atoms with Crippen LogP contribution in [-0.2, 0) is 6.54 Å². The molecule has 21 heavy (non-hydrogen) atoms. The fourth-order valence-electron chi connectivity index (χ4n) is 2.85. The Labute approximate surface area is 125 Å². The zero-order chi connectivity index (χ0) is 14.8. The lowest BCUT2D eigenvalue weighted by molar-refractivity contribution is 0.151. The molecule has 0 amide bonds. The summed E-state index contributed by atoms with van der Waals surface area (Å²) in [4.78, 5) is 0.